The first-order valence-electron chi connectivity index (χ1n) is 8.31. The van der Waals surface area contributed by atoms with Crippen molar-refractivity contribution in [1.82, 2.24) is 10.2 Å². The Kier molecular flexibility index (Phi) is 6.63. The van der Waals surface area contributed by atoms with Gasteiger partial charge in [-0.25, -0.2) is 9.59 Å². The molecule has 1 aliphatic rings. The zero-order chi connectivity index (χ0) is 18.5. The molecular weight excluding hydrogens is 312 g/mol. The summed E-state index contributed by atoms with van der Waals surface area (Å²) in [6, 6.07) is -0.192. The van der Waals surface area contributed by atoms with Crippen molar-refractivity contribution in [3.63, 3.8) is 0 Å². The molecule has 1 aliphatic heterocycles. The Balaban J connectivity index is 2.59. The Morgan fingerprint density at radius 2 is 1.71 bits per heavy atom. The van der Waals surface area contributed by atoms with E-state index in [9.17, 15) is 14.4 Å². The van der Waals surface area contributed by atoms with Gasteiger partial charge in [-0.05, 0) is 53.9 Å². The molecule has 1 saturated heterocycles. The summed E-state index contributed by atoms with van der Waals surface area (Å²) in [7, 11) is 0. The van der Waals surface area contributed by atoms with E-state index in [0.717, 1.165) is 6.29 Å². The number of hydrogen-bond acceptors (Lipinski definition) is 5. The van der Waals surface area contributed by atoms with E-state index in [-0.39, 0.29) is 18.4 Å². The molecule has 24 heavy (non-hydrogen) atoms. The Bertz CT molecular complexity index is 465. The topological polar surface area (TPSA) is 84.9 Å². The van der Waals surface area contributed by atoms with Gasteiger partial charge in [0.1, 0.15) is 17.5 Å². The molecule has 0 aliphatic carbocycles. The van der Waals surface area contributed by atoms with E-state index in [1.807, 2.05) is 0 Å². The minimum absolute atomic E-state index is 0.0648. The van der Waals surface area contributed by atoms with E-state index in [1.54, 1.807) is 46.4 Å². The molecule has 7 heteroatoms. The average molecular weight is 342 g/mol. The smallest absolute Gasteiger partial charge is 0.410 e. The first-order chi connectivity index (χ1) is 10.9. The first-order valence-corrected chi connectivity index (χ1v) is 8.31. The molecule has 0 aromatic rings. The molecule has 1 N–H and O–H groups in total. The van der Waals surface area contributed by atoms with Crippen molar-refractivity contribution < 1.29 is 23.9 Å². The lowest BCUT2D eigenvalue weighted by Gasteiger charge is -2.27. The highest BCUT2D eigenvalue weighted by Crippen LogP contribution is 2.26. The lowest BCUT2D eigenvalue weighted by molar-refractivity contribution is -0.108. The molecule has 7 nitrogen and oxygen atoms in total. The van der Waals surface area contributed by atoms with Crippen LogP contribution in [0, 0.1) is 5.92 Å². The molecule has 1 heterocycles. The minimum Gasteiger partial charge on any atom is -0.444 e. The van der Waals surface area contributed by atoms with Gasteiger partial charge >= 0.3 is 12.2 Å². The number of likely N-dealkylation sites (tertiary alicyclic amines) is 1. The lowest BCUT2D eigenvalue weighted by atomic mass is 10.0. The van der Waals surface area contributed by atoms with Crippen LogP contribution in [0.4, 0.5) is 9.59 Å². The predicted octanol–water partition coefficient (Wildman–Crippen LogP) is 2.73. The van der Waals surface area contributed by atoms with Crippen LogP contribution < -0.4 is 5.32 Å². The monoisotopic (exact) mass is 342 g/mol. The molecule has 0 radical (unpaired) electrons. The Hall–Kier alpha value is -1.79. The normalized spacial score (nSPS) is 21.3. The Labute approximate surface area is 144 Å². The number of aldehydes is 1. The van der Waals surface area contributed by atoms with Crippen LogP contribution in [0.1, 0.15) is 54.4 Å². The van der Waals surface area contributed by atoms with Crippen molar-refractivity contribution in [3.8, 4) is 0 Å². The van der Waals surface area contributed by atoms with Gasteiger partial charge in [0.05, 0.1) is 0 Å². The fourth-order valence-electron chi connectivity index (χ4n) is 2.58. The highest BCUT2D eigenvalue weighted by atomic mass is 16.6. The molecule has 2 amide bonds. The standard InChI is InChI=1S/C17H30N2O5/c1-16(2,3)23-14(21)18-10-12-9-13(7-8-20)19(11-12)15(22)24-17(4,5)6/h8,12-13H,7,9-11H2,1-6H3,(H,18,21)/t12-,13+/m1/s1. The van der Waals surface area contributed by atoms with Gasteiger partial charge in [0.15, 0.2) is 0 Å². The largest absolute Gasteiger partial charge is 0.444 e. The summed E-state index contributed by atoms with van der Waals surface area (Å²) in [5.74, 6) is 0.0648. The number of amides is 2. The molecule has 0 unspecified atom stereocenters. The molecule has 0 aromatic heterocycles. The van der Waals surface area contributed by atoms with Gasteiger partial charge in [-0.2, -0.15) is 0 Å². The summed E-state index contributed by atoms with van der Waals surface area (Å²) >= 11 is 0. The molecule has 0 spiro atoms. The summed E-state index contributed by atoms with van der Waals surface area (Å²) in [6.07, 6.45) is 0.820. The Morgan fingerprint density at radius 1 is 1.12 bits per heavy atom. The molecule has 1 fully saturated rings. The molecule has 0 aromatic carbocycles. The first kappa shape index (κ1) is 20.3. The summed E-state index contributed by atoms with van der Waals surface area (Å²) in [5.41, 5.74) is -1.14. The lowest BCUT2D eigenvalue weighted by Crippen LogP contribution is -2.40. The van der Waals surface area contributed by atoms with Gasteiger partial charge < -0.3 is 24.5 Å². The molecule has 0 saturated carbocycles. The number of alkyl carbamates (subject to hydrolysis) is 1. The number of hydrogen-bond donors (Lipinski definition) is 1. The third-order valence-electron chi connectivity index (χ3n) is 3.43. The zero-order valence-corrected chi connectivity index (χ0v) is 15.5. The summed E-state index contributed by atoms with van der Waals surface area (Å²) in [5, 5.41) is 2.72. The fourth-order valence-corrected chi connectivity index (χ4v) is 2.58. The van der Waals surface area contributed by atoms with Crippen molar-refractivity contribution in [2.45, 2.75) is 71.6 Å². The van der Waals surface area contributed by atoms with Gasteiger partial charge in [0.2, 0.25) is 0 Å². The van der Waals surface area contributed by atoms with Crippen molar-refractivity contribution in [1.29, 1.82) is 0 Å². The minimum atomic E-state index is -0.588. The van der Waals surface area contributed by atoms with E-state index < -0.39 is 23.4 Å². The molecule has 138 valence electrons. The number of nitrogens with zero attached hydrogens (tertiary/aromatic N) is 1. The van der Waals surface area contributed by atoms with Gasteiger partial charge in [-0.15, -0.1) is 0 Å². The summed E-state index contributed by atoms with van der Waals surface area (Å²) in [6.45, 7) is 11.6. The van der Waals surface area contributed by atoms with E-state index in [4.69, 9.17) is 9.47 Å². The maximum Gasteiger partial charge on any atom is 0.410 e. The summed E-state index contributed by atoms with van der Waals surface area (Å²) in [4.78, 5) is 36.5. The van der Waals surface area contributed by atoms with E-state index in [1.165, 1.54) is 0 Å². The van der Waals surface area contributed by atoms with Crippen LogP contribution in [0.15, 0.2) is 0 Å². The van der Waals surface area contributed by atoms with Gasteiger partial charge in [0.25, 0.3) is 0 Å². The van der Waals surface area contributed by atoms with Crippen LogP contribution in [-0.4, -0.2) is 53.7 Å². The van der Waals surface area contributed by atoms with Gasteiger partial charge in [-0.1, -0.05) is 0 Å². The fraction of sp³-hybridized carbons (Fsp3) is 0.824. The van der Waals surface area contributed by atoms with E-state index >= 15 is 0 Å². The average Bonchev–Trinajstić information content (AvgIpc) is 2.76. The number of nitrogens with one attached hydrogen (secondary N) is 1. The third kappa shape index (κ3) is 7.19. The quantitative estimate of drug-likeness (QED) is 0.794. The third-order valence-corrected chi connectivity index (χ3v) is 3.43. The van der Waals surface area contributed by atoms with E-state index in [2.05, 4.69) is 5.32 Å². The van der Waals surface area contributed by atoms with Crippen LogP contribution in [0.3, 0.4) is 0 Å². The van der Waals surface area contributed by atoms with Crippen molar-refractivity contribution in [2.75, 3.05) is 13.1 Å². The van der Waals surface area contributed by atoms with Crippen molar-refractivity contribution in [2.24, 2.45) is 5.92 Å². The van der Waals surface area contributed by atoms with Crippen LogP contribution in [0.25, 0.3) is 0 Å². The van der Waals surface area contributed by atoms with Gasteiger partial charge in [-0.3, -0.25) is 0 Å². The van der Waals surface area contributed by atoms with Crippen molar-refractivity contribution >= 4 is 18.5 Å². The highest BCUT2D eigenvalue weighted by molar-refractivity contribution is 5.70. The second kappa shape index (κ2) is 7.85. The predicted molar refractivity (Wildman–Crippen MR) is 89.8 cm³/mol. The van der Waals surface area contributed by atoms with Crippen LogP contribution >= 0.6 is 0 Å². The number of carbonyl (C=O) groups excluding carboxylic acids is 3. The molecule has 1 rings (SSSR count). The zero-order valence-electron chi connectivity index (χ0n) is 15.5. The van der Waals surface area contributed by atoms with Crippen LogP contribution in [-0.2, 0) is 14.3 Å². The molecular formula is C17H30N2O5. The molecule has 2 atom stereocenters. The second-order valence-electron chi connectivity index (χ2n) is 8.17. The number of rotatable bonds is 4. The number of ether oxygens (including phenoxy) is 2. The second-order valence-corrected chi connectivity index (χ2v) is 8.17. The van der Waals surface area contributed by atoms with E-state index in [0.29, 0.717) is 19.5 Å². The SMILES string of the molecule is CC(C)(C)OC(=O)NC[C@H]1C[C@H](CC=O)N(C(=O)OC(C)(C)C)C1. The van der Waals surface area contributed by atoms with Gasteiger partial charge in [0, 0.05) is 25.6 Å². The summed E-state index contributed by atoms with van der Waals surface area (Å²) < 4.78 is 10.6. The number of carbonyl (C=O) groups is 3. The molecule has 0 bridgehead atoms. The maximum atomic E-state index is 12.3. The maximum absolute atomic E-state index is 12.3. The van der Waals surface area contributed by atoms with Crippen molar-refractivity contribution in [3.05, 3.63) is 0 Å². The van der Waals surface area contributed by atoms with Crippen LogP contribution in [0.5, 0.6) is 0 Å². The van der Waals surface area contributed by atoms with Crippen LogP contribution in [0.2, 0.25) is 0 Å². The highest BCUT2D eigenvalue weighted by Gasteiger charge is 2.37. The Morgan fingerprint density at radius 3 is 2.21 bits per heavy atom.